The molecule has 0 saturated heterocycles. The van der Waals surface area contributed by atoms with Gasteiger partial charge in [0.25, 0.3) is 0 Å². The van der Waals surface area contributed by atoms with E-state index in [2.05, 4.69) is 43.1 Å². The van der Waals surface area contributed by atoms with Crippen LogP contribution in [-0.4, -0.2) is 32.9 Å². The molecule has 0 bridgehead atoms. The molecule has 0 aliphatic rings. The molecule has 0 amide bonds. The van der Waals surface area contributed by atoms with E-state index in [1.54, 1.807) is 6.92 Å². The molecule has 34 heavy (non-hydrogen) atoms. The third-order valence-corrected chi connectivity index (χ3v) is 6.09. The third-order valence-electron chi connectivity index (χ3n) is 5.17. The minimum absolute atomic E-state index is 0.0234. The highest BCUT2D eigenvalue weighted by Crippen LogP contribution is 2.31. The van der Waals surface area contributed by atoms with Gasteiger partial charge in [0, 0.05) is 16.9 Å². The second-order valence-corrected chi connectivity index (χ2v) is 9.72. The van der Waals surface area contributed by atoms with Crippen LogP contribution in [0, 0.1) is 11.3 Å². The van der Waals surface area contributed by atoms with Gasteiger partial charge in [-0.05, 0) is 49.1 Å². The summed E-state index contributed by atoms with van der Waals surface area (Å²) in [6, 6.07) is 17.8. The number of nitrogens with zero attached hydrogens (tertiary/aromatic N) is 4. The maximum Gasteiger partial charge on any atom is 0.196 e. The lowest BCUT2D eigenvalue weighted by molar-refractivity contribution is -0.112. The van der Waals surface area contributed by atoms with Crippen molar-refractivity contribution < 1.29 is 9.53 Å². The highest BCUT2D eigenvalue weighted by atomic mass is 32.2. The van der Waals surface area contributed by atoms with E-state index in [1.807, 2.05) is 54.0 Å². The number of ether oxygens (including phenoxy) is 1. The molecule has 2 N–H and O–H groups in total. The molecule has 0 atom stereocenters. The van der Waals surface area contributed by atoms with E-state index >= 15 is 0 Å². The first-order valence-electron chi connectivity index (χ1n) is 11.0. The lowest BCUT2D eigenvalue weighted by atomic mass is 9.87. The van der Waals surface area contributed by atoms with Crippen LogP contribution in [-0.2, 0) is 10.2 Å². The van der Waals surface area contributed by atoms with Crippen molar-refractivity contribution in [1.29, 1.82) is 5.26 Å². The van der Waals surface area contributed by atoms with Crippen molar-refractivity contribution in [3.63, 3.8) is 0 Å². The van der Waals surface area contributed by atoms with E-state index in [9.17, 15) is 10.1 Å². The highest BCUT2D eigenvalue weighted by Gasteiger charge is 2.20. The largest absolute Gasteiger partial charge is 0.494 e. The van der Waals surface area contributed by atoms with Crippen molar-refractivity contribution >= 4 is 17.5 Å². The number of allylic oxidation sites excluding steroid dienone is 2. The van der Waals surface area contributed by atoms with E-state index in [4.69, 9.17) is 10.5 Å². The van der Waals surface area contributed by atoms with Crippen LogP contribution >= 0.6 is 11.8 Å². The number of rotatable bonds is 8. The van der Waals surface area contributed by atoms with Gasteiger partial charge in [-0.25, -0.2) is 0 Å². The number of ketones is 1. The molecule has 0 aliphatic carbocycles. The van der Waals surface area contributed by atoms with Gasteiger partial charge in [-0.3, -0.25) is 9.36 Å². The Hall–Kier alpha value is -3.57. The van der Waals surface area contributed by atoms with Gasteiger partial charge in [0.2, 0.25) is 0 Å². The summed E-state index contributed by atoms with van der Waals surface area (Å²) >= 11 is 1.22. The number of carbonyl (C=O) groups is 1. The predicted molar refractivity (Wildman–Crippen MR) is 135 cm³/mol. The first kappa shape index (κ1) is 25.1. The Bertz CT molecular complexity index is 1230. The molecule has 8 heteroatoms. The summed E-state index contributed by atoms with van der Waals surface area (Å²) in [6.45, 7) is 10.6. The van der Waals surface area contributed by atoms with E-state index < -0.39 is 0 Å². The van der Waals surface area contributed by atoms with Gasteiger partial charge in [0.05, 0.1) is 12.4 Å². The molecule has 7 nitrogen and oxygen atoms in total. The lowest BCUT2D eigenvalue weighted by Gasteiger charge is -2.19. The Morgan fingerprint density at radius 2 is 1.76 bits per heavy atom. The minimum atomic E-state index is -0.343. The summed E-state index contributed by atoms with van der Waals surface area (Å²) in [5.74, 6) is 1.10. The zero-order chi connectivity index (χ0) is 24.9. The number of aromatic nitrogens is 3. The monoisotopic (exact) mass is 475 g/mol. The van der Waals surface area contributed by atoms with Crippen molar-refractivity contribution in [3.05, 3.63) is 65.4 Å². The summed E-state index contributed by atoms with van der Waals surface area (Å²) in [5, 5.41) is 18.6. The first-order valence-corrected chi connectivity index (χ1v) is 12.0. The first-order chi connectivity index (χ1) is 16.2. The number of hydrogen-bond acceptors (Lipinski definition) is 7. The Morgan fingerprint density at radius 3 is 2.29 bits per heavy atom. The molecule has 1 aromatic heterocycles. The summed E-state index contributed by atoms with van der Waals surface area (Å²) in [6.07, 6.45) is 0. The summed E-state index contributed by atoms with van der Waals surface area (Å²) < 4.78 is 7.48. The molecule has 0 radical (unpaired) electrons. The van der Waals surface area contributed by atoms with E-state index in [0.29, 0.717) is 17.6 Å². The second kappa shape index (κ2) is 10.6. The summed E-state index contributed by atoms with van der Waals surface area (Å²) in [5.41, 5.74) is 8.86. The van der Waals surface area contributed by atoms with Crippen LogP contribution in [0.5, 0.6) is 5.75 Å². The molecule has 176 valence electrons. The van der Waals surface area contributed by atoms with Crippen molar-refractivity contribution in [2.24, 2.45) is 5.73 Å². The van der Waals surface area contributed by atoms with Gasteiger partial charge in [0.1, 0.15) is 17.4 Å². The van der Waals surface area contributed by atoms with Crippen molar-refractivity contribution in [3.8, 4) is 28.9 Å². The Balaban J connectivity index is 2.02. The molecule has 0 fully saturated rings. The fourth-order valence-corrected chi connectivity index (χ4v) is 4.16. The van der Waals surface area contributed by atoms with Crippen LogP contribution in [0.15, 0.2) is 65.0 Å². The molecular weight excluding hydrogens is 446 g/mol. The minimum Gasteiger partial charge on any atom is -0.494 e. The highest BCUT2D eigenvalue weighted by molar-refractivity contribution is 7.99. The average Bonchev–Trinajstić information content (AvgIpc) is 3.22. The van der Waals surface area contributed by atoms with Gasteiger partial charge in [-0.1, -0.05) is 56.8 Å². The quantitative estimate of drug-likeness (QED) is 0.276. The van der Waals surface area contributed by atoms with Gasteiger partial charge in [-0.15, -0.1) is 10.2 Å². The van der Waals surface area contributed by atoms with Crippen LogP contribution in [0.4, 0.5) is 0 Å². The number of benzene rings is 2. The van der Waals surface area contributed by atoms with Crippen LogP contribution in [0.25, 0.3) is 17.1 Å². The van der Waals surface area contributed by atoms with E-state index in [1.165, 1.54) is 17.3 Å². The Kier molecular flexibility index (Phi) is 7.79. The predicted octanol–water partition coefficient (Wildman–Crippen LogP) is 5.05. The van der Waals surface area contributed by atoms with Crippen LogP contribution in [0.3, 0.4) is 0 Å². The molecule has 0 aliphatic heterocycles. The Morgan fingerprint density at radius 1 is 1.12 bits per heavy atom. The van der Waals surface area contributed by atoms with Crippen LogP contribution in [0.2, 0.25) is 0 Å². The van der Waals surface area contributed by atoms with Crippen molar-refractivity contribution in [2.45, 2.75) is 45.2 Å². The van der Waals surface area contributed by atoms with E-state index in [-0.39, 0.29) is 28.2 Å². The Labute approximate surface area is 204 Å². The number of nitriles is 1. The zero-order valence-corrected chi connectivity index (χ0v) is 20.9. The van der Waals surface area contributed by atoms with Gasteiger partial charge < -0.3 is 10.5 Å². The summed E-state index contributed by atoms with van der Waals surface area (Å²) in [4.78, 5) is 12.5. The number of hydrogen-bond donors (Lipinski definition) is 1. The van der Waals surface area contributed by atoms with Gasteiger partial charge in [-0.2, -0.15) is 5.26 Å². The lowest BCUT2D eigenvalue weighted by Crippen LogP contribution is -2.11. The molecule has 3 aromatic rings. The van der Waals surface area contributed by atoms with Crippen molar-refractivity contribution in [1.82, 2.24) is 14.8 Å². The average molecular weight is 476 g/mol. The van der Waals surface area contributed by atoms with Crippen LogP contribution < -0.4 is 10.5 Å². The fourth-order valence-electron chi connectivity index (χ4n) is 3.33. The SMILES string of the molecule is CCOc1ccc(-n2c(SCC(=O)/C(C#N)=C(\C)N)nnc2-c2ccc(C(C)(C)C)cc2)cc1. The second-order valence-electron chi connectivity index (χ2n) is 8.78. The van der Waals surface area contributed by atoms with Gasteiger partial charge >= 0.3 is 0 Å². The van der Waals surface area contributed by atoms with Crippen LogP contribution in [0.1, 0.15) is 40.2 Å². The normalized spacial score (nSPS) is 12.1. The fraction of sp³-hybridized carbons (Fsp3) is 0.308. The molecular formula is C26H29N5O2S. The topological polar surface area (TPSA) is 107 Å². The molecule has 1 heterocycles. The number of nitrogens with two attached hydrogens (primary N) is 1. The summed E-state index contributed by atoms with van der Waals surface area (Å²) in [7, 11) is 0. The smallest absolute Gasteiger partial charge is 0.196 e. The maximum absolute atomic E-state index is 12.5. The zero-order valence-electron chi connectivity index (χ0n) is 20.1. The maximum atomic E-state index is 12.5. The molecule has 2 aromatic carbocycles. The number of carbonyl (C=O) groups excluding carboxylic acids is 1. The molecule has 3 rings (SSSR count). The molecule has 0 saturated carbocycles. The molecule has 0 spiro atoms. The number of Topliss-reactive ketones (excluding diaryl/α,β-unsaturated/α-hetero) is 1. The van der Waals surface area contributed by atoms with Crippen molar-refractivity contribution in [2.75, 3.05) is 12.4 Å². The van der Waals surface area contributed by atoms with Gasteiger partial charge in [0.15, 0.2) is 16.8 Å². The molecule has 0 unspecified atom stereocenters. The van der Waals surface area contributed by atoms with E-state index in [0.717, 1.165) is 17.0 Å². The number of thioether (sulfide) groups is 1. The standard InChI is InChI=1S/C26H29N5O2S/c1-6-33-21-13-11-20(12-14-21)31-24(18-7-9-19(10-8-18)26(3,4)5)29-30-25(31)34-16-23(32)22(15-27)17(2)28/h7-14H,6,16,28H2,1-5H3/b22-17+. The third kappa shape index (κ3) is 5.67.